The van der Waals surface area contributed by atoms with Gasteiger partial charge in [-0.3, -0.25) is 19.2 Å². The monoisotopic (exact) mass is 989 g/mol. The molecule has 0 saturated heterocycles. The Bertz CT molecular complexity index is 2700. The number of benzene rings is 3. The van der Waals surface area contributed by atoms with E-state index in [2.05, 4.69) is 52.0 Å². The third-order valence-corrected chi connectivity index (χ3v) is 12.0. The first-order valence-electron chi connectivity index (χ1n) is 22.5. The lowest BCUT2D eigenvalue weighted by atomic mass is 9.86. The summed E-state index contributed by atoms with van der Waals surface area (Å²) in [5, 5.41) is 37.9. The molecule has 1 aromatic heterocycles. The molecule has 3 aromatic carbocycles. The molecule has 0 aliphatic carbocycles. The number of ether oxygens (including phenoxy) is 2. The van der Waals surface area contributed by atoms with E-state index in [1.165, 1.54) is 33.2 Å². The van der Waals surface area contributed by atoms with Gasteiger partial charge in [-0.25, -0.2) is 19.9 Å². The van der Waals surface area contributed by atoms with E-state index in [0.29, 0.717) is 36.3 Å². The molecule has 0 unspecified atom stereocenters. The highest BCUT2D eigenvalue weighted by Gasteiger charge is 2.38. The zero-order chi connectivity index (χ0) is 51.7. The highest BCUT2D eigenvalue weighted by Crippen LogP contribution is 2.45. The minimum atomic E-state index is -4.49. The van der Waals surface area contributed by atoms with Crippen molar-refractivity contribution in [3.8, 4) is 39.8 Å². The zero-order valence-corrected chi connectivity index (χ0v) is 41.0. The lowest BCUT2D eigenvalue weighted by molar-refractivity contribution is -0.143. The van der Waals surface area contributed by atoms with Crippen LogP contribution in [0.3, 0.4) is 0 Å². The van der Waals surface area contributed by atoms with E-state index in [1.807, 2.05) is 29.0 Å². The molecule has 2 heterocycles. The summed E-state index contributed by atoms with van der Waals surface area (Å²) >= 11 is 0. The van der Waals surface area contributed by atoms with Gasteiger partial charge in [0.1, 0.15) is 41.3 Å². The summed E-state index contributed by atoms with van der Waals surface area (Å²) in [4.78, 5) is 80.1. The van der Waals surface area contributed by atoms with Gasteiger partial charge in [-0.15, -0.1) is 0 Å². The first-order valence-corrected chi connectivity index (χ1v) is 24.0. The van der Waals surface area contributed by atoms with E-state index in [4.69, 9.17) is 26.1 Å². The van der Waals surface area contributed by atoms with Crippen LogP contribution in [-0.4, -0.2) is 128 Å². The van der Waals surface area contributed by atoms with Crippen molar-refractivity contribution in [3.63, 3.8) is 0 Å². The number of carbonyl (C=O) groups excluding carboxylic acids is 4. The van der Waals surface area contributed by atoms with Crippen molar-refractivity contribution in [1.29, 1.82) is 0 Å². The van der Waals surface area contributed by atoms with E-state index in [9.17, 15) is 42.6 Å². The van der Waals surface area contributed by atoms with Gasteiger partial charge in [0.25, 0.3) is 16.1 Å². The van der Waals surface area contributed by atoms with Crippen LogP contribution in [0.5, 0.6) is 17.2 Å². The van der Waals surface area contributed by atoms with Gasteiger partial charge in [-0.05, 0) is 86.1 Å². The van der Waals surface area contributed by atoms with E-state index >= 15 is 0 Å². The number of nitrogens with zero attached hydrogens (tertiary/aromatic N) is 3. The number of rotatable bonds is 18. The number of nitrogens with one attached hydrogen (secondary N) is 5. The van der Waals surface area contributed by atoms with Gasteiger partial charge in [0.05, 0.1) is 18.9 Å². The van der Waals surface area contributed by atoms with Crippen LogP contribution in [0, 0.1) is 6.92 Å². The minimum Gasteiger partial charge on any atom is -0.504 e. The van der Waals surface area contributed by atoms with Crippen molar-refractivity contribution in [2.45, 2.75) is 83.5 Å². The molecule has 4 amide bonds. The molecule has 5 rings (SSSR count). The quantitative estimate of drug-likeness (QED) is 0.0629. The standard InChI is InChI=1S/C47H63N11O11S/c1-25-37(41(51-6)57-40(53-25)28-11-13-30(14-12-28)47(3,4)5)43(61)56-34(24-52-70(50,66)67)45(63)58(7)38-29-22-32(39(59)36(23-29)69-19-9-17-49)31-20-27(10-15-35(31)68-18-8-16-48)21-33(46(64)65)55-42(60)26(2)54-44(38)62/h10-15,20,22-23,26,33-34,38,52,59H,8-9,16-19,21,24,48-49H2,1-7H3,(H,54,62)(H,55,60)(H,56,61)(H,64,65)(H2,50,66,67)(H,51,53,57)/t26-,33-,34-,38-/m0/s1. The zero-order valence-electron chi connectivity index (χ0n) is 40.2. The smallest absolute Gasteiger partial charge is 0.326 e. The SMILES string of the molecule is CNc1nc(-c2ccc(C(C)(C)C)cc2)nc(C)c1C(=O)N[C@@H](CNS(N)(=O)=O)C(=O)N(C)[C@@H]1C(=O)N[C@@H](C)C(=O)N[C@H](C(=O)O)Cc2ccc(OCCCN)c(c2)-c2cc1cc(OCCCN)c2O. The average Bonchev–Trinajstić information content (AvgIpc) is 3.29. The number of anilines is 1. The third-order valence-electron chi connectivity index (χ3n) is 11.4. The summed E-state index contributed by atoms with van der Waals surface area (Å²) in [6.45, 7) is 8.96. The Kier molecular flexibility index (Phi) is 17.8. The van der Waals surface area contributed by atoms with Crippen molar-refractivity contribution < 1.29 is 52.1 Å². The first-order chi connectivity index (χ1) is 33.0. The number of amides is 4. The van der Waals surface area contributed by atoms with Crippen LogP contribution in [-0.2, 0) is 41.2 Å². The number of carboxylic acids is 1. The summed E-state index contributed by atoms with van der Waals surface area (Å²) in [5.74, 6) is -5.15. The summed E-state index contributed by atoms with van der Waals surface area (Å²) in [6.07, 6.45) is 0.577. The fourth-order valence-electron chi connectivity index (χ4n) is 7.59. The molecule has 0 fully saturated rings. The van der Waals surface area contributed by atoms with Crippen LogP contribution >= 0.6 is 0 Å². The lowest BCUT2D eigenvalue weighted by Crippen LogP contribution is -2.57. The van der Waals surface area contributed by atoms with Crippen LogP contribution in [0.25, 0.3) is 22.5 Å². The highest BCUT2D eigenvalue weighted by molar-refractivity contribution is 7.87. The predicted molar refractivity (Wildman–Crippen MR) is 261 cm³/mol. The number of fused-ring (bicyclic) bond motifs is 5. The normalized spacial score (nSPS) is 16.7. The number of carboxylic acid groups (broad SMARTS) is 1. The Labute approximate surface area is 406 Å². The maximum atomic E-state index is 14.9. The Morgan fingerprint density at radius 1 is 0.929 bits per heavy atom. The third kappa shape index (κ3) is 13.4. The van der Waals surface area contributed by atoms with Gasteiger partial charge in [0.15, 0.2) is 17.3 Å². The van der Waals surface area contributed by atoms with Crippen molar-refractivity contribution in [2.75, 3.05) is 52.3 Å². The molecule has 1 aliphatic heterocycles. The topological polar surface area (TPSA) is 346 Å². The fourth-order valence-corrected chi connectivity index (χ4v) is 7.99. The Hall–Kier alpha value is -6.92. The number of phenolic OH excluding ortho intramolecular Hbond substituents is 1. The fraction of sp³-hybridized carbons (Fsp3) is 0.426. The van der Waals surface area contributed by atoms with Crippen LogP contribution in [0.1, 0.15) is 79.3 Å². The van der Waals surface area contributed by atoms with E-state index < -0.39 is 76.3 Å². The maximum absolute atomic E-state index is 14.9. The maximum Gasteiger partial charge on any atom is 0.326 e. The largest absolute Gasteiger partial charge is 0.504 e. The van der Waals surface area contributed by atoms with Crippen LogP contribution in [0.4, 0.5) is 5.82 Å². The summed E-state index contributed by atoms with van der Waals surface area (Å²) < 4.78 is 38.8. The number of aryl methyl sites for hydroxylation is 1. The molecule has 4 aromatic rings. The molecule has 0 spiro atoms. The first kappa shape index (κ1) is 54.0. The number of aliphatic carboxylic acids is 1. The minimum absolute atomic E-state index is 0.00547. The molecular formula is C47H63N11O11S. The van der Waals surface area contributed by atoms with Crippen LogP contribution < -0.4 is 52.1 Å². The second kappa shape index (κ2) is 23.1. The molecule has 4 atom stereocenters. The summed E-state index contributed by atoms with van der Waals surface area (Å²) in [7, 11) is -1.76. The van der Waals surface area contributed by atoms with Gasteiger partial charge in [-0.2, -0.15) is 13.1 Å². The second-order valence-electron chi connectivity index (χ2n) is 17.8. The number of likely N-dealkylation sites (N-methyl/N-ethyl adjacent to an activating group) is 1. The molecule has 23 heteroatoms. The molecule has 22 nitrogen and oxygen atoms in total. The molecule has 13 N–H and O–H groups in total. The molecule has 4 bridgehead atoms. The van der Waals surface area contributed by atoms with Crippen LogP contribution in [0.15, 0.2) is 54.6 Å². The number of nitrogens with two attached hydrogens (primary N) is 3. The molecule has 378 valence electrons. The number of hydrogen-bond donors (Lipinski definition) is 10. The number of aromatic hydroxyl groups is 1. The Morgan fingerprint density at radius 2 is 1.57 bits per heavy atom. The molecule has 1 aliphatic rings. The van der Waals surface area contributed by atoms with Gasteiger partial charge in [0.2, 0.25) is 17.7 Å². The summed E-state index contributed by atoms with van der Waals surface area (Å²) in [6, 6.07) is 8.68. The second-order valence-corrected chi connectivity index (χ2v) is 19.1. The highest BCUT2D eigenvalue weighted by atomic mass is 32.2. The number of hydrogen-bond acceptors (Lipinski definition) is 15. The predicted octanol–water partition coefficient (Wildman–Crippen LogP) is 1.34. The summed E-state index contributed by atoms with van der Waals surface area (Å²) in [5.41, 5.74) is 13.9. The molecule has 0 saturated carbocycles. The van der Waals surface area contributed by atoms with Gasteiger partial charge in [-0.1, -0.05) is 51.1 Å². The van der Waals surface area contributed by atoms with E-state index in [1.54, 1.807) is 25.1 Å². The van der Waals surface area contributed by atoms with Crippen LogP contribution in [0.2, 0.25) is 0 Å². The van der Waals surface area contributed by atoms with Gasteiger partial charge in [0, 0.05) is 43.8 Å². The van der Waals surface area contributed by atoms with Crippen molar-refractivity contribution in [2.24, 2.45) is 16.6 Å². The van der Waals surface area contributed by atoms with Gasteiger partial charge >= 0.3 is 5.97 Å². The molecular weight excluding hydrogens is 927 g/mol. The lowest BCUT2D eigenvalue weighted by Gasteiger charge is -2.33. The molecule has 0 radical (unpaired) electrons. The average molecular weight is 990 g/mol. The molecule has 70 heavy (non-hydrogen) atoms. The number of phenols is 1. The number of aromatic nitrogens is 2. The van der Waals surface area contributed by atoms with E-state index in [0.717, 1.165) is 10.5 Å². The van der Waals surface area contributed by atoms with Crippen molar-refractivity contribution in [1.82, 2.24) is 35.5 Å². The Balaban J connectivity index is 1.66. The van der Waals surface area contributed by atoms with Gasteiger partial charge < -0.3 is 57.3 Å². The number of carbonyl (C=O) groups is 5. The van der Waals surface area contributed by atoms with E-state index in [-0.39, 0.29) is 76.9 Å². The van der Waals surface area contributed by atoms with Crippen molar-refractivity contribution in [3.05, 3.63) is 82.5 Å². The Morgan fingerprint density at radius 3 is 2.16 bits per heavy atom. The van der Waals surface area contributed by atoms with Crippen molar-refractivity contribution >= 4 is 45.6 Å².